The second-order valence-corrected chi connectivity index (χ2v) is 11.2. The number of unbranched alkanes of at least 4 members (excludes halogenated alkanes) is 1. The maximum absolute atomic E-state index is 12.5. The molecule has 0 radical (unpaired) electrons. The molecule has 0 fully saturated rings. The number of amides is 4. The van der Waals surface area contributed by atoms with E-state index in [9.17, 15) is 19.2 Å². The van der Waals surface area contributed by atoms with Gasteiger partial charge in [0.05, 0.1) is 22.7 Å². The zero-order valence-corrected chi connectivity index (χ0v) is 23.9. The smallest absolute Gasteiger partial charge is 0.412 e. The molecule has 0 atom stereocenters. The summed E-state index contributed by atoms with van der Waals surface area (Å²) in [5, 5.41) is 10.7. The summed E-state index contributed by atoms with van der Waals surface area (Å²) in [6.45, 7) is 10.4. The van der Waals surface area contributed by atoms with Gasteiger partial charge in [-0.25, -0.2) is 9.59 Å². The van der Waals surface area contributed by atoms with Gasteiger partial charge in [-0.1, -0.05) is 0 Å². The van der Waals surface area contributed by atoms with Crippen LogP contribution in [0.2, 0.25) is 0 Å². The van der Waals surface area contributed by atoms with E-state index in [1.807, 2.05) is 0 Å². The Kier molecular flexibility index (Phi) is 10.7. The monoisotopic (exact) mass is 556 g/mol. The molecule has 0 saturated carbocycles. The van der Waals surface area contributed by atoms with Gasteiger partial charge in [-0.3, -0.25) is 20.2 Å². The molecule has 0 unspecified atom stereocenters. The third-order valence-electron chi connectivity index (χ3n) is 4.96. The molecular formula is C28H40N6O6. The van der Waals surface area contributed by atoms with E-state index < -0.39 is 23.4 Å². The van der Waals surface area contributed by atoms with Gasteiger partial charge >= 0.3 is 12.2 Å². The minimum atomic E-state index is -0.690. The highest BCUT2D eigenvalue weighted by atomic mass is 16.6. The molecule has 12 nitrogen and oxygen atoms in total. The standard InChI is InChI=1S/C28H40N6O6/c1-27(2,3)39-25(37)33-21-15-17(29)11-13-19(21)31-23(35)9-7-8-10-24(36)32-20-14-12-18(30)16-22(20)34-26(38)40-28(4,5)6/h11-16H,7-10,29-30H2,1-6H3,(H,31,35)(H,32,36)(H,33,37)(H,34,38). The Balaban J connectivity index is 1.87. The minimum absolute atomic E-state index is 0.150. The van der Waals surface area contributed by atoms with Crippen molar-refractivity contribution in [3.05, 3.63) is 36.4 Å². The highest BCUT2D eigenvalue weighted by Gasteiger charge is 2.19. The van der Waals surface area contributed by atoms with E-state index in [1.165, 1.54) is 12.1 Å². The first-order valence-corrected chi connectivity index (χ1v) is 12.9. The molecule has 2 aromatic rings. The first-order valence-electron chi connectivity index (χ1n) is 12.9. The second-order valence-electron chi connectivity index (χ2n) is 11.2. The number of nitrogen functional groups attached to an aromatic ring is 2. The van der Waals surface area contributed by atoms with Gasteiger partial charge in [-0.05, 0) is 90.8 Å². The molecule has 40 heavy (non-hydrogen) atoms. The summed E-state index contributed by atoms with van der Waals surface area (Å²) in [5.74, 6) is -0.584. The molecule has 0 aliphatic heterocycles. The summed E-state index contributed by atoms with van der Waals surface area (Å²) in [4.78, 5) is 49.4. The predicted octanol–water partition coefficient (Wildman–Crippen LogP) is 5.68. The van der Waals surface area contributed by atoms with Crippen molar-refractivity contribution >= 4 is 58.1 Å². The van der Waals surface area contributed by atoms with Crippen LogP contribution in [0.3, 0.4) is 0 Å². The van der Waals surface area contributed by atoms with Gasteiger partial charge in [-0.15, -0.1) is 0 Å². The number of hydrogen-bond acceptors (Lipinski definition) is 8. The van der Waals surface area contributed by atoms with E-state index in [4.69, 9.17) is 20.9 Å². The van der Waals surface area contributed by atoms with Crippen LogP contribution >= 0.6 is 0 Å². The van der Waals surface area contributed by atoms with Crippen LogP contribution in [0.1, 0.15) is 67.2 Å². The number of anilines is 6. The summed E-state index contributed by atoms with van der Waals surface area (Å²) in [6.07, 6.45) is -0.176. The topological polar surface area (TPSA) is 187 Å². The molecule has 4 amide bonds. The van der Waals surface area contributed by atoms with Crippen molar-refractivity contribution in [3.8, 4) is 0 Å². The minimum Gasteiger partial charge on any atom is -0.444 e. The van der Waals surface area contributed by atoms with Gasteiger partial charge in [0.15, 0.2) is 0 Å². The van der Waals surface area contributed by atoms with Crippen LogP contribution in [0.4, 0.5) is 43.7 Å². The highest BCUT2D eigenvalue weighted by Crippen LogP contribution is 2.27. The Hall–Kier alpha value is -4.48. The number of hydrogen-bond donors (Lipinski definition) is 6. The number of rotatable bonds is 9. The second kappa shape index (κ2) is 13.5. The number of ether oxygens (including phenoxy) is 2. The average Bonchev–Trinajstić information content (AvgIpc) is 2.78. The fourth-order valence-corrected chi connectivity index (χ4v) is 3.37. The van der Waals surface area contributed by atoms with E-state index in [0.717, 1.165) is 0 Å². The van der Waals surface area contributed by atoms with Gasteiger partial charge in [0, 0.05) is 24.2 Å². The van der Waals surface area contributed by atoms with Crippen LogP contribution in [-0.4, -0.2) is 35.2 Å². The Morgan fingerprint density at radius 1 is 0.600 bits per heavy atom. The molecule has 2 rings (SSSR count). The first-order chi connectivity index (χ1) is 18.5. The van der Waals surface area contributed by atoms with Crippen molar-refractivity contribution in [2.75, 3.05) is 32.7 Å². The molecule has 0 aliphatic carbocycles. The lowest BCUT2D eigenvalue weighted by Crippen LogP contribution is -2.27. The Labute approximate surface area is 234 Å². The van der Waals surface area contributed by atoms with Crippen LogP contribution in [0.25, 0.3) is 0 Å². The molecular weight excluding hydrogens is 516 g/mol. The Morgan fingerprint density at radius 2 is 0.950 bits per heavy atom. The zero-order chi connectivity index (χ0) is 30.1. The van der Waals surface area contributed by atoms with Gasteiger partial charge in [0.25, 0.3) is 0 Å². The van der Waals surface area contributed by atoms with E-state index >= 15 is 0 Å². The highest BCUT2D eigenvalue weighted by molar-refractivity contribution is 5.99. The number of benzene rings is 2. The molecule has 0 aromatic heterocycles. The third kappa shape index (κ3) is 11.9. The van der Waals surface area contributed by atoms with E-state index in [0.29, 0.717) is 47.0 Å². The van der Waals surface area contributed by atoms with E-state index in [2.05, 4.69) is 21.3 Å². The van der Waals surface area contributed by atoms with Gasteiger partial charge < -0.3 is 31.6 Å². The van der Waals surface area contributed by atoms with Crippen molar-refractivity contribution in [2.45, 2.75) is 78.4 Å². The van der Waals surface area contributed by atoms with Gasteiger partial charge in [0.2, 0.25) is 11.8 Å². The van der Waals surface area contributed by atoms with Crippen molar-refractivity contribution in [1.82, 2.24) is 0 Å². The fraction of sp³-hybridized carbons (Fsp3) is 0.429. The number of carbonyl (C=O) groups excluding carboxylic acids is 4. The third-order valence-corrected chi connectivity index (χ3v) is 4.96. The maximum atomic E-state index is 12.5. The Bertz CT molecular complexity index is 1140. The van der Waals surface area contributed by atoms with Crippen LogP contribution < -0.4 is 32.7 Å². The largest absolute Gasteiger partial charge is 0.444 e. The molecule has 0 spiro atoms. The molecule has 0 aliphatic rings. The Morgan fingerprint density at radius 3 is 1.27 bits per heavy atom. The molecule has 0 saturated heterocycles. The lowest BCUT2D eigenvalue weighted by Gasteiger charge is -2.21. The van der Waals surface area contributed by atoms with Crippen molar-refractivity contribution in [1.29, 1.82) is 0 Å². The molecule has 0 heterocycles. The summed E-state index contributed by atoms with van der Waals surface area (Å²) in [5.41, 5.74) is 12.4. The summed E-state index contributed by atoms with van der Waals surface area (Å²) in [7, 11) is 0. The van der Waals surface area contributed by atoms with Crippen LogP contribution in [0.5, 0.6) is 0 Å². The lowest BCUT2D eigenvalue weighted by molar-refractivity contribution is -0.118. The average molecular weight is 557 g/mol. The molecule has 12 heteroatoms. The molecule has 218 valence electrons. The first kappa shape index (κ1) is 31.7. The van der Waals surface area contributed by atoms with Crippen LogP contribution in [0, 0.1) is 0 Å². The predicted molar refractivity (Wildman–Crippen MR) is 157 cm³/mol. The SMILES string of the molecule is CC(C)(C)OC(=O)Nc1cc(N)ccc1NC(=O)CCCCC(=O)Nc1ccc(N)cc1NC(=O)OC(C)(C)C. The number of carbonyl (C=O) groups is 4. The van der Waals surface area contributed by atoms with Crippen molar-refractivity contribution < 1.29 is 28.7 Å². The fourth-order valence-electron chi connectivity index (χ4n) is 3.37. The summed E-state index contributed by atoms with van der Waals surface area (Å²) >= 11 is 0. The number of nitrogens with two attached hydrogens (primary N) is 2. The lowest BCUT2D eigenvalue weighted by atomic mass is 10.1. The van der Waals surface area contributed by atoms with Gasteiger partial charge in [-0.2, -0.15) is 0 Å². The zero-order valence-electron chi connectivity index (χ0n) is 23.9. The summed E-state index contributed by atoms with van der Waals surface area (Å²) < 4.78 is 10.5. The van der Waals surface area contributed by atoms with Crippen molar-refractivity contribution in [2.24, 2.45) is 0 Å². The molecule has 8 N–H and O–H groups in total. The van der Waals surface area contributed by atoms with Gasteiger partial charge in [0.1, 0.15) is 11.2 Å². The van der Waals surface area contributed by atoms with Crippen LogP contribution in [-0.2, 0) is 19.1 Å². The summed E-state index contributed by atoms with van der Waals surface area (Å²) in [6, 6.07) is 9.42. The molecule has 2 aromatic carbocycles. The van der Waals surface area contributed by atoms with E-state index in [1.54, 1.807) is 65.8 Å². The van der Waals surface area contributed by atoms with Crippen molar-refractivity contribution in [3.63, 3.8) is 0 Å². The maximum Gasteiger partial charge on any atom is 0.412 e. The van der Waals surface area contributed by atoms with E-state index in [-0.39, 0.29) is 24.7 Å². The normalized spacial score (nSPS) is 11.2. The molecule has 0 bridgehead atoms. The van der Waals surface area contributed by atoms with Crippen LogP contribution in [0.15, 0.2) is 36.4 Å². The quantitative estimate of drug-likeness (QED) is 0.168. The number of nitrogens with one attached hydrogen (secondary N) is 4.